The van der Waals surface area contributed by atoms with Crippen molar-refractivity contribution < 1.29 is 17.9 Å². The number of ether oxygens (including phenoxy) is 1. The molecule has 0 radical (unpaired) electrons. The number of methoxy groups -OCH3 is 1. The van der Waals surface area contributed by atoms with Gasteiger partial charge in [0.15, 0.2) is 11.4 Å². The number of aromatic nitrogens is 4. The number of hydrogen-bond donors (Lipinski definition) is 0. The fourth-order valence-electron chi connectivity index (χ4n) is 2.13. The van der Waals surface area contributed by atoms with Crippen LogP contribution < -0.4 is 4.74 Å². The highest BCUT2D eigenvalue weighted by Crippen LogP contribution is 2.43. The Kier molecular flexibility index (Phi) is 5.66. The lowest BCUT2D eigenvalue weighted by Crippen LogP contribution is -2.13. The van der Waals surface area contributed by atoms with Crippen LogP contribution in [0.4, 0.5) is 13.2 Å². The second-order valence-corrected chi connectivity index (χ2v) is 7.35. The third-order valence-corrected chi connectivity index (χ3v) is 4.78. The Morgan fingerprint density at radius 1 is 1.00 bits per heavy atom. The average Bonchev–Trinajstić information content (AvgIpc) is 2.62. The van der Waals surface area contributed by atoms with Crippen molar-refractivity contribution in [3.05, 3.63) is 52.3 Å². The molecular weight excluding hydrogens is 445 g/mol. The molecule has 0 unspecified atom stereocenters. The third-order valence-electron chi connectivity index (χ3n) is 3.38. The molecule has 5 nitrogen and oxygen atoms in total. The Labute approximate surface area is 165 Å². The SMILES string of the molecule is COc1nc(-c2ncc(Br)cn2)nc(Sc2ccc(C)cc2)c1C(F)(F)F. The summed E-state index contributed by atoms with van der Waals surface area (Å²) in [7, 11) is 1.13. The van der Waals surface area contributed by atoms with Crippen molar-refractivity contribution >= 4 is 27.7 Å². The molecule has 0 atom stereocenters. The molecule has 0 aliphatic heterocycles. The Bertz CT molecular complexity index is 950. The maximum Gasteiger partial charge on any atom is 0.424 e. The second kappa shape index (κ2) is 7.81. The first-order valence-corrected chi connectivity index (χ1v) is 9.14. The van der Waals surface area contributed by atoms with Gasteiger partial charge in [-0.2, -0.15) is 18.2 Å². The van der Waals surface area contributed by atoms with E-state index in [0.29, 0.717) is 9.37 Å². The van der Waals surface area contributed by atoms with E-state index in [1.807, 2.05) is 19.1 Å². The van der Waals surface area contributed by atoms with Gasteiger partial charge in [0.2, 0.25) is 11.7 Å². The number of halogens is 4. The summed E-state index contributed by atoms with van der Waals surface area (Å²) >= 11 is 4.08. The molecule has 3 rings (SSSR count). The molecule has 0 N–H and O–H groups in total. The lowest BCUT2D eigenvalue weighted by atomic mass is 10.2. The molecule has 2 aromatic heterocycles. The van der Waals surface area contributed by atoms with E-state index in [4.69, 9.17) is 4.74 Å². The number of aryl methyl sites for hydroxylation is 1. The molecule has 2 heterocycles. The minimum Gasteiger partial charge on any atom is -0.480 e. The highest BCUT2D eigenvalue weighted by molar-refractivity contribution is 9.10. The van der Waals surface area contributed by atoms with Gasteiger partial charge in [0, 0.05) is 17.3 Å². The zero-order valence-corrected chi connectivity index (χ0v) is 16.5. The molecule has 1 aromatic carbocycles. The summed E-state index contributed by atoms with van der Waals surface area (Å²) in [5, 5.41) is -0.278. The fourth-order valence-corrected chi connectivity index (χ4v) is 3.27. The minimum atomic E-state index is -4.68. The molecule has 27 heavy (non-hydrogen) atoms. The Morgan fingerprint density at radius 3 is 2.19 bits per heavy atom. The summed E-state index contributed by atoms with van der Waals surface area (Å²) < 4.78 is 46.4. The normalized spacial score (nSPS) is 11.5. The molecule has 0 aliphatic carbocycles. The first-order valence-electron chi connectivity index (χ1n) is 7.53. The molecule has 0 fully saturated rings. The second-order valence-electron chi connectivity index (χ2n) is 5.37. The molecule has 0 saturated heterocycles. The highest BCUT2D eigenvalue weighted by atomic mass is 79.9. The van der Waals surface area contributed by atoms with Gasteiger partial charge in [-0.25, -0.2) is 15.0 Å². The van der Waals surface area contributed by atoms with E-state index in [-0.39, 0.29) is 16.7 Å². The van der Waals surface area contributed by atoms with Crippen LogP contribution in [-0.4, -0.2) is 27.0 Å². The van der Waals surface area contributed by atoms with Crippen LogP contribution >= 0.6 is 27.7 Å². The first-order chi connectivity index (χ1) is 12.8. The van der Waals surface area contributed by atoms with E-state index >= 15 is 0 Å². The molecule has 140 valence electrons. The number of nitrogens with zero attached hydrogens (tertiary/aromatic N) is 4. The van der Waals surface area contributed by atoms with Gasteiger partial charge in [-0.1, -0.05) is 29.5 Å². The van der Waals surface area contributed by atoms with Crippen molar-refractivity contribution in [1.82, 2.24) is 19.9 Å². The van der Waals surface area contributed by atoms with Gasteiger partial charge in [0.25, 0.3) is 0 Å². The summed E-state index contributed by atoms with van der Waals surface area (Å²) in [6.45, 7) is 1.90. The monoisotopic (exact) mass is 456 g/mol. The van der Waals surface area contributed by atoms with Crippen molar-refractivity contribution in [3.8, 4) is 17.5 Å². The van der Waals surface area contributed by atoms with Gasteiger partial charge < -0.3 is 4.74 Å². The predicted octanol–water partition coefficient (Wildman–Crippen LogP) is 5.18. The van der Waals surface area contributed by atoms with Crippen LogP contribution in [-0.2, 0) is 6.18 Å². The summed E-state index contributed by atoms with van der Waals surface area (Å²) in [6.07, 6.45) is -1.76. The van der Waals surface area contributed by atoms with Crippen LogP contribution in [0.25, 0.3) is 11.6 Å². The maximum absolute atomic E-state index is 13.6. The van der Waals surface area contributed by atoms with E-state index in [1.54, 1.807) is 12.1 Å². The third kappa shape index (κ3) is 4.56. The summed E-state index contributed by atoms with van der Waals surface area (Å²) in [4.78, 5) is 16.6. The largest absolute Gasteiger partial charge is 0.480 e. The Morgan fingerprint density at radius 2 is 1.63 bits per heavy atom. The highest BCUT2D eigenvalue weighted by Gasteiger charge is 2.40. The average molecular weight is 457 g/mol. The lowest BCUT2D eigenvalue weighted by molar-refractivity contribution is -0.141. The summed E-state index contributed by atoms with van der Waals surface area (Å²) in [6, 6.07) is 7.08. The number of benzene rings is 1. The topological polar surface area (TPSA) is 60.8 Å². The van der Waals surface area contributed by atoms with Crippen molar-refractivity contribution in [2.24, 2.45) is 0 Å². The summed E-state index contributed by atoms with van der Waals surface area (Å²) in [5.74, 6) is -0.536. The molecule has 0 saturated carbocycles. The number of alkyl halides is 3. The molecule has 0 spiro atoms. The van der Waals surface area contributed by atoms with Gasteiger partial charge in [0.05, 0.1) is 11.6 Å². The van der Waals surface area contributed by atoms with Crippen molar-refractivity contribution in [2.75, 3.05) is 7.11 Å². The Balaban J connectivity index is 2.15. The molecule has 0 aliphatic rings. The van der Waals surface area contributed by atoms with Crippen LogP contribution in [0.1, 0.15) is 11.1 Å². The predicted molar refractivity (Wildman–Crippen MR) is 97.6 cm³/mol. The minimum absolute atomic E-state index is 0.0537. The lowest BCUT2D eigenvalue weighted by Gasteiger charge is -2.15. The van der Waals surface area contributed by atoms with Gasteiger partial charge in [-0.3, -0.25) is 0 Å². The first kappa shape index (κ1) is 19.6. The van der Waals surface area contributed by atoms with Crippen LogP contribution in [0.5, 0.6) is 5.88 Å². The zero-order chi connectivity index (χ0) is 19.6. The number of hydrogen-bond acceptors (Lipinski definition) is 6. The van der Waals surface area contributed by atoms with E-state index in [1.165, 1.54) is 12.4 Å². The van der Waals surface area contributed by atoms with E-state index in [2.05, 4.69) is 35.9 Å². The zero-order valence-electron chi connectivity index (χ0n) is 14.1. The summed E-state index contributed by atoms with van der Waals surface area (Å²) in [5.41, 5.74) is -0.0314. The quantitative estimate of drug-likeness (QED) is 0.503. The molecule has 0 amide bonds. The van der Waals surface area contributed by atoms with Gasteiger partial charge in [-0.05, 0) is 35.0 Å². The van der Waals surface area contributed by atoms with Crippen LogP contribution in [0.2, 0.25) is 0 Å². The van der Waals surface area contributed by atoms with Crippen LogP contribution in [0, 0.1) is 6.92 Å². The smallest absolute Gasteiger partial charge is 0.424 e. The molecule has 0 bridgehead atoms. The van der Waals surface area contributed by atoms with Crippen LogP contribution in [0.3, 0.4) is 0 Å². The van der Waals surface area contributed by atoms with E-state index < -0.39 is 17.6 Å². The van der Waals surface area contributed by atoms with Crippen molar-refractivity contribution in [3.63, 3.8) is 0 Å². The van der Waals surface area contributed by atoms with Gasteiger partial charge in [0.1, 0.15) is 5.03 Å². The van der Waals surface area contributed by atoms with Gasteiger partial charge in [-0.15, -0.1) is 0 Å². The van der Waals surface area contributed by atoms with Crippen LogP contribution in [0.15, 0.2) is 51.1 Å². The van der Waals surface area contributed by atoms with Gasteiger partial charge >= 0.3 is 6.18 Å². The standard InChI is InChI=1S/C17H12BrF3N4OS/c1-9-3-5-11(6-4-9)27-16-12(17(19,20)21)15(26-2)24-14(25-16)13-22-7-10(18)8-23-13/h3-8H,1-2H3. The van der Waals surface area contributed by atoms with Crippen molar-refractivity contribution in [2.45, 2.75) is 23.0 Å². The fraction of sp³-hybridized carbons (Fsp3) is 0.176. The van der Waals surface area contributed by atoms with E-state index in [9.17, 15) is 13.2 Å². The number of rotatable bonds is 4. The van der Waals surface area contributed by atoms with E-state index in [0.717, 1.165) is 24.4 Å². The molecular formula is C17H12BrF3N4OS. The molecule has 3 aromatic rings. The van der Waals surface area contributed by atoms with Crippen molar-refractivity contribution in [1.29, 1.82) is 0 Å². The molecule has 10 heteroatoms. The Hall–Kier alpha value is -2.20. The maximum atomic E-state index is 13.6.